The van der Waals surface area contributed by atoms with Gasteiger partial charge >= 0.3 is 0 Å². The summed E-state index contributed by atoms with van der Waals surface area (Å²) in [5, 5.41) is 19.1. The molecule has 0 amide bonds. The van der Waals surface area contributed by atoms with Crippen LogP contribution in [-0.2, 0) is 0 Å². The van der Waals surface area contributed by atoms with Crippen LogP contribution in [0.2, 0.25) is 12.1 Å². The number of fused-ring (bicyclic) bond motifs is 3. The summed E-state index contributed by atoms with van der Waals surface area (Å²) in [6, 6.07) is 66.7. The lowest BCUT2D eigenvalue weighted by molar-refractivity contribution is 1.29. The predicted octanol–water partition coefficient (Wildman–Crippen LogP) is 13.0. The molecule has 0 atom stereocenters. The Bertz CT molecular complexity index is 2860. The van der Waals surface area contributed by atoms with Crippen LogP contribution in [0.3, 0.4) is 0 Å². The minimum atomic E-state index is -2.09. The second-order valence-electron chi connectivity index (χ2n) is 14.2. The fourth-order valence-electron chi connectivity index (χ4n) is 9.40. The van der Waals surface area contributed by atoms with Crippen molar-refractivity contribution in [2.75, 3.05) is 0 Å². The second kappa shape index (κ2) is 11.7. The molecule has 0 heterocycles. The molecule has 0 aromatic heterocycles. The summed E-state index contributed by atoms with van der Waals surface area (Å²) in [4.78, 5) is 0. The second-order valence-corrected chi connectivity index (χ2v) is 18.9. The van der Waals surface area contributed by atoms with E-state index < -0.39 is 8.07 Å². The van der Waals surface area contributed by atoms with Crippen molar-refractivity contribution in [1.29, 1.82) is 0 Å². The molecular formula is C50H38Si. The smallest absolute Gasteiger partial charge is 0.0672 e. The quantitative estimate of drug-likeness (QED) is 0.0941. The molecule has 10 aromatic carbocycles. The SMILES string of the molecule is CC[Si](CC)(c1ccc(-c2c3ccccc3c(-c3ccc4ccccc4c3)c3ccccc23)cc1)c1ccc2ccc3cccc4ccc1c2c34. The van der Waals surface area contributed by atoms with Crippen LogP contribution in [0.15, 0.2) is 170 Å². The lowest BCUT2D eigenvalue weighted by Gasteiger charge is -2.33. The largest absolute Gasteiger partial charge is 0.118 e. The highest BCUT2D eigenvalue weighted by atomic mass is 28.3. The highest BCUT2D eigenvalue weighted by molar-refractivity contribution is 7.03. The number of hydrogen-bond donors (Lipinski definition) is 0. The first-order valence-corrected chi connectivity index (χ1v) is 20.8. The summed E-state index contributed by atoms with van der Waals surface area (Å²) < 4.78 is 0. The van der Waals surface area contributed by atoms with Crippen LogP contribution < -0.4 is 10.4 Å². The van der Waals surface area contributed by atoms with Crippen molar-refractivity contribution in [3.63, 3.8) is 0 Å². The van der Waals surface area contributed by atoms with Gasteiger partial charge in [-0.15, -0.1) is 0 Å². The van der Waals surface area contributed by atoms with Gasteiger partial charge in [0.2, 0.25) is 0 Å². The third-order valence-corrected chi connectivity index (χ3v) is 17.3. The first-order valence-electron chi connectivity index (χ1n) is 18.4. The van der Waals surface area contributed by atoms with Gasteiger partial charge in [0.1, 0.15) is 8.07 Å². The first-order chi connectivity index (χ1) is 25.2. The van der Waals surface area contributed by atoms with E-state index in [2.05, 4.69) is 184 Å². The van der Waals surface area contributed by atoms with E-state index in [-0.39, 0.29) is 0 Å². The average Bonchev–Trinajstić information content (AvgIpc) is 3.20. The Hall–Kier alpha value is -5.76. The summed E-state index contributed by atoms with van der Waals surface area (Å²) in [5.74, 6) is 0. The van der Waals surface area contributed by atoms with Crippen LogP contribution in [-0.4, -0.2) is 8.07 Å². The molecule has 0 N–H and O–H groups in total. The molecule has 10 rings (SSSR count). The Balaban J connectivity index is 1.16. The summed E-state index contributed by atoms with van der Waals surface area (Å²) in [5.41, 5.74) is 5.17. The van der Waals surface area contributed by atoms with Crippen molar-refractivity contribution in [3.8, 4) is 22.3 Å². The van der Waals surface area contributed by atoms with Gasteiger partial charge in [0.25, 0.3) is 0 Å². The van der Waals surface area contributed by atoms with Crippen LogP contribution in [0.5, 0.6) is 0 Å². The van der Waals surface area contributed by atoms with Crippen LogP contribution in [0, 0.1) is 0 Å². The number of hydrogen-bond acceptors (Lipinski definition) is 0. The van der Waals surface area contributed by atoms with Gasteiger partial charge in [0, 0.05) is 0 Å². The van der Waals surface area contributed by atoms with Crippen LogP contribution in [0.25, 0.3) is 86.9 Å². The number of benzene rings is 10. The van der Waals surface area contributed by atoms with Crippen molar-refractivity contribution in [1.82, 2.24) is 0 Å². The molecule has 0 saturated carbocycles. The van der Waals surface area contributed by atoms with Crippen molar-refractivity contribution >= 4 is 83.1 Å². The topological polar surface area (TPSA) is 0 Å². The molecule has 0 nitrogen and oxygen atoms in total. The molecule has 51 heavy (non-hydrogen) atoms. The van der Waals surface area contributed by atoms with Gasteiger partial charge in [0.05, 0.1) is 0 Å². The molecule has 0 unspecified atom stereocenters. The molecule has 242 valence electrons. The fourth-order valence-corrected chi connectivity index (χ4v) is 13.7. The number of rotatable bonds is 6. The summed E-state index contributed by atoms with van der Waals surface area (Å²) in [6.07, 6.45) is 0. The lowest BCUT2D eigenvalue weighted by Crippen LogP contribution is -2.57. The van der Waals surface area contributed by atoms with Gasteiger partial charge in [-0.25, -0.2) is 0 Å². The maximum Gasteiger partial charge on any atom is 0.118 e. The first kappa shape index (κ1) is 30.1. The zero-order valence-electron chi connectivity index (χ0n) is 29.1. The van der Waals surface area contributed by atoms with E-state index in [1.54, 1.807) is 5.19 Å². The van der Waals surface area contributed by atoms with Crippen molar-refractivity contribution in [2.24, 2.45) is 0 Å². The molecule has 0 radical (unpaired) electrons. The van der Waals surface area contributed by atoms with E-state index in [1.165, 1.54) is 104 Å². The van der Waals surface area contributed by atoms with Crippen molar-refractivity contribution < 1.29 is 0 Å². The highest BCUT2D eigenvalue weighted by Crippen LogP contribution is 2.44. The van der Waals surface area contributed by atoms with Crippen LogP contribution >= 0.6 is 0 Å². The highest BCUT2D eigenvalue weighted by Gasteiger charge is 2.35. The summed E-state index contributed by atoms with van der Waals surface area (Å²) in [6.45, 7) is 4.85. The molecule has 10 aromatic rings. The molecule has 0 aliphatic carbocycles. The molecule has 0 spiro atoms. The zero-order chi connectivity index (χ0) is 34.1. The summed E-state index contributed by atoms with van der Waals surface area (Å²) in [7, 11) is -2.09. The van der Waals surface area contributed by atoms with E-state index >= 15 is 0 Å². The van der Waals surface area contributed by atoms with Gasteiger partial charge in [-0.1, -0.05) is 195 Å². The summed E-state index contributed by atoms with van der Waals surface area (Å²) >= 11 is 0. The molecule has 0 fully saturated rings. The van der Waals surface area contributed by atoms with Crippen LogP contribution in [0.1, 0.15) is 13.8 Å². The van der Waals surface area contributed by atoms with E-state index in [9.17, 15) is 0 Å². The van der Waals surface area contributed by atoms with Gasteiger partial charge in [-0.3, -0.25) is 0 Å². The Morgan fingerprint density at radius 3 is 1.45 bits per heavy atom. The predicted molar refractivity (Wildman–Crippen MR) is 226 cm³/mol. The Labute approximate surface area is 300 Å². The molecule has 0 aliphatic rings. The third-order valence-electron chi connectivity index (χ3n) is 11.9. The van der Waals surface area contributed by atoms with Crippen molar-refractivity contribution in [3.05, 3.63) is 170 Å². The molecule has 1 heteroatoms. The minimum absolute atomic E-state index is 1.17. The van der Waals surface area contributed by atoms with Gasteiger partial charge in [0.15, 0.2) is 0 Å². The van der Waals surface area contributed by atoms with E-state index in [4.69, 9.17) is 0 Å². The zero-order valence-corrected chi connectivity index (χ0v) is 30.1. The van der Waals surface area contributed by atoms with Gasteiger partial charge in [-0.05, 0) is 98.1 Å². The van der Waals surface area contributed by atoms with Crippen molar-refractivity contribution in [2.45, 2.75) is 25.9 Å². The molecule has 0 bridgehead atoms. The van der Waals surface area contributed by atoms with Gasteiger partial charge < -0.3 is 0 Å². The maximum absolute atomic E-state index is 2.48. The lowest BCUT2D eigenvalue weighted by atomic mass is 9.85. The Morgan fingerprint density at radius 2 is 0.824 bits per heavy atom. The monoisotopic (exact) mass is 666 g/mol. The maximum atomic E-state index is 2.48. The van der Waals surface area contributed by atoms with E-state index in [1.807, 2.05) is 0 Å². The van der Waals surface area contributed by atoms with E-state index in [0.29, 0.717) is 0 Å². The normalized spacial score (nSPS) is 12.3. The fraction of sp³-hybridized carbons (Fsp3) is 0.0800. The Morgan fingerprint density at radius 1 is 0.353 bits per heavy atom. The van der Waals surface area contributed by atoms with E-state index in [0.717, 1.165) is 0 Å². The molecule has 0 saturated heterocycles. The molecule has 0 aliphatic heterocycles. The third kappa shape index (κ3) is 4.45. The van der Waals surface area contributed by atoms with Gasteiger partial charge in [-0.2, -0.15) is 0 Å². The minimum Gasteiger partial charge on any atom is -0.0672 e. The average molecular weight is 667 g/mol. The Kier molecular flexibility index (Phi) is 6.88. The molecular weight excluding hydrogens is 629 g/mol. The standard InChI is InChI=1S/C50H38Si/c1-3-51(4-2,46-31-27-37-22-21-34-14-11-15-35-26-30-45(46)50(37)47(34)35)40-28-24-36(25-29-40)48-41-16-7-9-18-43(41)49(44-19-10-8-17-42(44)48)39-23-20-33-12-5-6-13-38(33)32-39/h5-32H,3-4H2,1-2H3. The van der Waals surface area contributed by atoms with Crippen LogP contribution in [0.4, 0.5) is 0 Å².